The molecule has 0 aliphatic carbocycles. The third kappa shape index (κ3) is 5.90. The smallest absolute Gasteiger partial charge is 0.315 e. The van der Waals surface area contributed by atoms with E-state index in [2.05, 4.69) is 10.6 Å². The Morgan fingerprint density at radius 3 is 2.74 bits per heavy atom. The lowest BCUT2D eigenvalue weighted by atomic mass is 10.1. The van der Waals surface area contributed by atoms with Crippen molar-refractivity contribution in [2.75, 3.05) is 6.54 Å². The first-order valence-electron chi connectivity index (χ1n) is 6.32. The first kappa shape index (κ1) is 15.0. The van der Waals surface area contributed by atoms with Gasteiger partial charge < -0.3 is 15.7 Å². The van der Waals surface area contributed by atoms with E-state index < -0.39 is 5.97 Å². The van der Waals surface area contributed by atoms with Gasteiger partial charge in [-0.05, 0) is 25.8 Å². The number of nitrogens with one attached hydrogen (secondary N) is 2. The van der Waals surface area contributed by atoms with Gasteiger partial charge in [-0.1, -0.05) is 29.8 Å². The molecule has 0 heterocycles. The lowest BCUT2D eigenvalue weighted by Gasteiger charge is -2.15. The molecule has 0 saturated carbocycles. The van der Waals surface area contributed by atoms with Crippen LogP contribution in [0.25, 0.3) is 0 Å². The van der Waals surface area contributed by atoms with Crippen molar-refractivity contribution < 1.29 is 14.7 Å². The van der Waals surface area contributed by atoms with Crippen molar-refractivity contribution in [2.45, 2.75) is 32.7 Å². The number of benzene rings is 1. The molecule has 1 aromatic rings. The predicted octanol–water partition coefficient (Wildman–Crippen LogP) is 2.22. The zero-order valence-corrected chi connectivity index (χ0v) is 11.3. The molecule has 1 rings (SSSR count). The fourth-order valence-corrected chi connectivity index (χ4v) is 1.71. The van der Waals surface area contributed by atoms with Crippen LogP contribution < -0.4 is 10.6 Å². The quantitative estimate of drug-likeness (QED) is 0.689. The summed E-state index contributed by atoms with van der Waals surface area (Å²) < 4.78 is 0. The molecular formula is C14H20N2O3. The van der Waals surface area contributed by atoms with Gasteiger partial charge in [0.25, 0.3) is 0 Å². The van der Waals surface area contributed by atoms with Crippen molar-refractivity contribution in [2.24, 2.45) is 0 Å². The minimum atomic E-state index is -0.852. The maximum absolute atomic E-state index is 11.6. The van der Waals surface area contributed by atoms with E-state index in [1.807, 2.05) is 38.1 Å². The second-order valence-corrected chi connectivity index (χ2v) is 4.53. The van der Waals surface area contributed by atoms with Crippen molar-refractivity contribution in [3.05, 3.63) is 35.4 Å². The molecule has 0 aliphatic rings. The van der Waals surface area contributed by atoms with Crippen molar-refractivity contribution in [3.8, 4) is 0 Å². The average Bonchev–Trinajstić information content (AvgIpc) is 2.34. The number of hydrogen-bond acceptors (Lipinski definition) is 2. The average molecular weight is 264 g/mol. The Labute approximate surface area is 113 Å². The molecule has 5 heteroatoms. The summed E-state index contributed by atoms with van der Waals surface area (Å²) in [5.74, 6) is -0.852. The van der Waals surface area contributed by atoms with E-state index in [0.29, 0.717) is 13.0 Å². The minimum absolute atomic E-state index is 0.0632. The molecule has 2 amide bonds. The fourth-order valence-electron chi connectivity index (χ4n) is 1.71. The van der Waals surface area contributed by atoms with Crippen LogP contribution in [0.5, 0.6) is 0 Å². The van der Waals surface area contributed by atoms with Crippen LogP contribution in [-0.4, -0.2) is 23.7 Å². The van der Waals surface area contributed by atoms with Crippen molar-refractivity contribution >= 4 is 12.0 Å². The summed E-state index contributed by atoms with van der Waals surface area (Å²) in [6.07, 6.45) is 0.495. The van der Waals surface area contributed by atoms with E-state index in [1.54, 1.807) is 0 Å². The Balaban J connectivity index is 2.34. The third-order valence-electron chi connectivity index (χ3n) is 2.74. The van der Waals surface area contributed by atoms with Crippen LogP contribution in [0.1, 0.15) is 36.9 Å². The van der Waals surface area contributed by atoms with Crippen LogP contribution in [0, 0.1) is 6.92 Å². The highest BCUT2D eigenvalue weighted by molar-refractivity contribution is 5.74. The number of hydrogen-bond donors (Lipinski definition) is 3. The summed E-state index contributed by atoms with van der Waals surface area (Å²) in [6, 6.07) is 7.58. The maximum Gasteiger partial charge on any atom is 0.315 e. The Morgan fingerprint density at radius 1 is 1.37 bits per heavy atom. The van der Waals surface area contributed by atoms with Gasteiger partial charge in [0, 0.05) is 13.0 Å². The van der Waals surface area contributed by atoms with E-state index in [-0.39, 0.29) is 18.5 Å². The van der Waals surface area contributed by atoms with Gasteiger partial charge in [-0.3, -0.25) is 4.79 Å². The number of aryl methyl sites for hydroxylation is 1. The monoisotopic (exact) mass is 264 g/mol. The van der Waals surface area contributed by atoms with E-state index in [0.717, 1.165) is 11.1 Å². The molecule has 0 spiro atoms. The minimum Gasteiger partial charge on any atom is -0.481 e. The molecule has 1 aromatic carbocycles. The molecule has 1 atom stereocenters. The van der Waals surface area contributed by atoms with Crippen LogP contribution in [-0.2, 0) is 4.79 Å². The zero-order chi connectivity index (χ0) is 14.3. The van der Waals surface area contributed by atoms with Crippen LogP contribution in [0.2, 0.25) is 0 Å². The second kappa shape index (κ2) is 7.41. The largest absolute Gasteiger partial charge is 0.481 e. The first-order valence-corrected chi connectivity index (χ1v) is 6.32. The number of amides is 2. The van der Waals surface area contributed by atoms with E-state index in [4.69, 9.17) is 5.11 Å². The topological polar surface area (TPSA) is 78.4 Å². The van der Waals surface area contributed by atoms with Gasteiger partial charge in [0.05, 0.1) is 6.04 Å². The Bertz CT molecular complexity index is 446. The number of carboxylic acids is 1. The van der Waals surface area contributed by atoms with Crippen LogP contribution in [0.3, 0.4) is 0 Å². The molecule has 5 nitrogen and oxygen atoms in total. The Morgan fingerprint density at radius 2 is 2.11 bits per heavy atom. The lowest BCUT2D eigenvalue weighted by Crippen LogP contribution is -2.37. The highest BCUT2D eigenvalue weighted by Gasteiger charge is 2.08. The molecule has 19 heavy (non-hydrogen) atoms. The molecular weight excluding hydrogens is 244 g/mol. The van der Waals surface area contributed by atoms with Gasteiger partial charge in [-0.15, -0.1) is 0 Å². The molecule has 0 radical (unpaired) electrons. The highest BCUT2D eigenvalue weighted by atomic mass is 16.4. The SMILES string of the molecule is Cc1cccc(C(C)NC(=O)NCCCC(=O)O)c1. The summed E-state index contributed by atoms with van der Waals surface area (Å²) >= 11 is 0. The molecule has 0 bridgehead atoms. The summed E-state index contributed by atoms with van der Waals surface area (Å²) in [4.78, 5) is 21.9. The molecule has 1 unspecified atom stereocenters. The van der Waals surface area contributed by atoms with Gasteiger partial charge in [-0.2, -0.15) is 0 Å². The third-order valence-corrected chi connectivity index (χ3v) is 2.74. The molecule has 0 aliphatic heterocycles. The van der Waals surface area contributed by atoms with E-state index in [9.17, 15) is 9.59 Å². The fraction of sp³-hybridized carbons (Fsp3) is 0.429. The van der Waals surface area contributed by atoms with Gasteiger partial charge in [0.1, 0.15) is 0 Å². The first-order chi connectivity index (χ1) is 8.99. The normalized spacial score (nSPS) is 11.7. The van der Waals surface area contributed by atoms with Gasteiger partial charge in [0.2, 0.25) is 0 Å². The Kier molecular flexibility index (Phi) is 5.85. The predicted molar refractivity (Wildman–Crippen MR) is 73.0 cm³/mol. The number of carbonyl (C=O) groups excluding carboxylic acids is 1. The number of aliphatic carboxylic acids is 1. The lowest BCUT2D eigenvalue weighted by molar-refractivity contribution is -0.137. The van der Waals surface area contributed by atoms with Gasteiger partial charge in [0.15, 0.2) is 0 Å². The zero-order valence-electron chi connectivity index (χ0n) is 11.3. The summed E-state index contributed by atoms with van der Waals surface area (Å²) in [6.45, 7) is 4.27. The molecule has 0 aromatic heterocycles. The van der Waals surface area contributed by atoms with Crippen molar-refractivity contribution in [3.63, 3.8) is 0 Å². The highest BCUT2D eigenvalue weighted by Crippen LogP contribution is 2.13. The van der Waals surface area contributed by atoms with Gasteiger partial charge in [-0.25, -0.2) is 4.79 Å². The summed E-state index contributed by atoms with van der Waals surface area (Å²) in [5, 5.41) is 13.9. The van der Waals surface area contributed by atoms with Crippen molar-refractivity contribution in [1.82, 2.24) is 10.6 Å². The molecule has 0 fully saturated rings. The standard InChI is InChI=1S/C14H20N2O3/c1-10-5-3-6-12(9-10)11(2)16-14(19)15-8-4-7-13(17)18/h3,5-6,9,11H,4,7-8H2,1-2H3,(H,17,18)(H2,15,16,19). The number of carbonyl (C=O) groups is 2. The van der Waals surface area contributed by atoms with Crippen LogP contribution in [0.15, 0.2) is 24.3 Å². The van der Waals surface area contributed by atoms with Crippen LogP contribution >= 0.6 is 0 Å². The maximum atomic E-state index is 11.6. The molecule has 104 valence electrons. The molecule has 0 saturated heterocycles. The number of urea groups is 1. The summed E-state index contributed by atoms with van der Waals surface area (Å²) in [7, 11) is 0. The van der Waals surface area contributed by atoms with E-state index in [1.165, 1.54) is 0 Å². The Hall–Kier alpha value is -2.04. The number of carboxylic acid groups (broad SMARTS) is 1. The van der Waals surface area contributed by atoms with Crippen LogP contribution in [0.4, 0.5) is 4.79 Å². The summed E-state index contributed by atoms with van der Waals surface area (Å²) in [5.41, 5.74) is 2.19. The molecule has 3 N–H and O–H groups in total. The second-order valence-electron chi connectivity index (χ2n) is 4.53. The van der Waals surface area contributed by atoms with E-state index >= 15 is 0 Å². The number of rotatable bonds is 6. The van der Waals surface area contributed by atoms with Crippen molar-refractivity contribution in [1.29, 1.82) is 0 Å². The van der Waals surface area contributed by atoms with Gasteiger partial charge >= 0.3 is 12.0 Å².